The maximum atomic E-state index is 5.33. The van der Waals surface area contributed by atoms with Crippen molar-refractivity contribution in [3.05, 3.63) is 27.7 Å². The Labute approximate surface area is 124 Å². The smallest absolute Gasteiger partial charge is 0.161 e. The number of aromatic nitrogens is 1. The molecule has 0 aliphatic heterocycles. The molecule has 102 valence electrons. The number of hydrogen-bond acceptors (Lipinski definition) is 5. The lowest BCUT2D eigenvalue weighted by atomic mass is 10.2. The number of benzene rings is 1. The standard InChI is InChI=1S/C13H15BrN2O2S/c1-15-6-8-7-16-13(19-8)9-4-11(17-2)12(18-3)5-10(9)14/h4-5,7,15H,6H2,1-3H3. The Balaban J connectivity index is 2.42. The second-order valence-electron chi connectivity index (χ2n) is 3.85. The van der Waals surface area contributed by atoms with Crippen molar-refractivity contribution in [1.82, 2.24) is 10.3 Å². The summed E-state index contributed by atoms with van der Waals surface area (Å²) in [4.78, 5) is 5.64. The molecule has 19 heavy (non-hydrogen) atoms. The first-order chi connectivity index (χ1) is 9.19. The second kappa shape index (κ2) is 6.36. The van der Waals surface area contributed by atoms with Crippen molar-refractivity contribution in [2.24, 2.45) is 0 Å². The highest BCUT2D eigenvalue weighted by Crippen LogP contribution is 2.39. The number of nitrogens with one attached hydrogen (secondary N) is 1. The molecule has 0 fully saturated rings. The summed E-state index contributed by atoms with van der Waals surface area (Å²) in [5, 5.41) is 4.07. The normalized spacial score (nSPS) is 10.5. The average molecular weight is 343 g/mol. The molecule has 0 saturated heterocycles. The van der Waals surface area contributed by atoms with E-state index in [1.54, 1.807) is 25.6 Å². The third-order valence-corrected chi connectivity index (χ3v) is 4.29. The third kappa shape index (κ3) is 3.08. The molecule has 2 rings (SSSR count). The minimum absolute atomic E-state index is 0.699. The average Bonchev–Trinajstić information content (AvgIpc) is 2.87. The van der Waals surface area contributed by atoms with Crippen LogP contribution in [0.2, 0.25) is 0 Å². The van der Waals surface area contributed by atoms with Crippen LogP contribution in [0, 0.1) is 0 Å². The fourth-order valence-electron chi connectivity index (χ4n) is 1.71. The van der Waals surface area contributed by atoms with Gasteiger partial charge in [-0.05, 0) is 35.1 Å². The molecule has 2 aromatic rings. The van der Waals surface area contributed by atoms with Crippen molar-refractivity contribution in [3.8, 4) is 22.1 Å². The monoisotopic (exact) mass is 342 g/mol. The highest BCUT2D eigenvalue weighted by Gasteiger charge is 2.13. The Morgan fingerprint density at radius 2 is 1.95 bits per heavy atom. The van der Waals surface area contributed by atoms with Crippen molar-refractivity contribution >= 4 is 27.3 Å². The van der Waals surface area contributed by atoms with Gasteiger partial charge in [0, 0.05) is 27.7 Å². The van der Waals surface area contributed by atoms with Gasteiger partial charge >= 0.3 is 0 Å². The van der Waals surface area contributed by atoms with Crippen LogP contribution in [0.5, 0.6) is 11.5 Å². The minimum atomic E-state index is 0.699. The van der Waals surface area contributed by atoms with Gasteiger partial charge in [0.15, 0.2) is 11.5 Å². The summed E-state index contributed by atoms with van der Waals surface area (Å²) in [6.45, 7) is 0.822. The molecule has 0 radical (unpaired) electrons. The van der Waals surface area contributed by atoms with E-state index in [4.69, 9.17) is 9.47 Å². The molecule has 0 aliphatic rings. The van der Waals surface area contributed by atoms with E-state index in [1.807, 2.05) is 25.4 Å². The molecule has 1 aromatic heterocycles. The first-order valence-electron chi connectivity index (χ1n) is 5.70. The predicted octanol–water partition coefficient (Wildman–Crippen LogP) is 3.31. The van der Waals surface area contributed by atoms with Crippen LogP contribution >= 0.6 is 27.3 Å². The number of methoxy groups -OCH3 is 2. The van der Waals surface area contributed by atoms with E-state index in [-0.39, 0.29) is 0 Å². The highest BCUT2D eigenvalue weighted by molar-refractivity contribution is 9.10. The Morgan fingerprint density at radius 1 is 1.26 bits per heavy atom. The summed E-state index contributed by atoms with van der Waals surface area (Å²) in [5.74, 6) is 1.40. The molecule has 0 bridgehead atoms. The van der Waals surface area contributed by atoms with E-state index in [1.165, 1.54) is 4.88 Å². The van der Waals surface area contributed by atoms with Crippen molar-refractivity contribution in [2.75, 3.05) is 21.3 Å². The van der Waals surface area contributed by atoms with E-state index in [0.717, 1.165) is 21.6 Å². The van der Waals surface area contributed by atoms with Crippen molar-refractivity contribution < 1.29 is 9.47 Å². The highest BCUT2D eigenvalue weighted by atomic mass is 79.9. The summed E-state index contributed by atoms with van der Waals surface area (Å²) >= 11 is 5.21. The van der Waals surface area contributed by atoms with Gasteiger partial charge in [-0.25, -0.2) is 4.98 Å². The van der Waals surface area contributed by atoms with Crippen molar-refractivity contribution in [1.29, 1.82) is 0 Å². The number of ether oxygens (including phenoxy) is 2. The fraction of sp³-hybridized carbons (Fsp3) is 0.308. The zero-order chi connectivity index (χ0) is 13.8. The molecule has 0 unspecified atom stereocenters. The molecule has 1 aromatic carbocycles. The Hall–Kier alpha value is -1.11. The quantitative estimate of drug-likeness (QED) is 0.905. The van der Waals surface area contributed by atoms with Crippen LogP contribution in [0.15, 0.2) is 22.8 Å². The van der Waals surface area contributed by atoms with Gasteiger partial charge in [0.05, 0.1) is 14.2 Å². The first-order valence-corrected chi connectivity index (χ1v) is 7.31. The van der Waals surface area contributed by atoms with Crippen molar-refractivity contribution in [3.63, 3.8) is 0 Å². The SMILES string of the molecule is CNCc1cnc(-c2cc(OC)c(OC)cc2Br)s1. The molecule has 0 amide bonds. The van der Waals surface area contributed by atoms with Gasteiger partial charge in [0.2, 0.25) is 0 Å². The van der Waals surface area contributed by atoms with Gasteiger partial charge in [-0.15, -0.1) is 11.3 Å². The molecule has 1 N–H and O–H groups in total. The third-order valence-electron chi connectivity index (χ3n) is 2.61. The molecule has 0 atom stereocenters. The zero-order valence-electron chi connectivity index (χ0n) is 11.0. The molecule has 6 heteroatoms. The summed E-state index contributed by atoms with van der Waals surface area (Å²) < 4.78 is 11.5. The van der Waals surface area contributed by atoms with Gasteiger partial charge in [-0.3, -0.25) is 0 Å². The van der Waals surface area contributed by atoms with Crippen molar-refractivity contribution in [2.45, 2.75) is 6.54 Å². The van der Waals surface area contributed by atoms with Gasteiger partial charge in [0.1, 0.15) is 5.01 Å². The largest absolute Gasteiger partial charge is 0.493 e. The summed E-state index contributed by atoms with van der Waals surface area (Å²) in [6, 6.07) is 3.83. The minimum Gasteiger partial charge on any atom is -0.493 e. The van der Waals surface area contributed by atoms with Crippen LogP contribution in [0.1, 0.15) is 4.88 Å². The summed E-state index contributed by atoms with van der Waals surface area (Å²) in [7, 11) is 5.17. The van der Waals surface area contributed by atoms with Crippen LogP contribution in [0.4, 0.5) is 0 Å². The van der Waals surface area contributed by atoms with Crippen LogP contribution in [-0.2, 0) is 6.54 Å². The van der Waals surface area contributed by atoms with Crippen LogP contribution in [0.3, 0.4) is 0 Å². The Kier molecular flexibility index (Phi) is 4.79. The molecule has 0 aliphatic carbocycles. The number of halogens is 1. The maximum absolute atomic E-state index is 5.33. The lowest BCUT2D eigenvalue weighted by Crippen LogP contribution is -2.02. The molecule has 1 heterocycles. The molecular formula is C13H15BrN2O2S. The van der Waals surface area contributed by atoms with Gasteiger partial charge in [-0.2, -0.15) is 0 Å². The van der Waals surface area contributed by atoms with Crippen LogP contribution in [-0.4, -0.2) is 26.3 Å². The van der Waals surface area contributed by atoms with Gasteiger partial charge < -0.3 is 14.8 Å². The number of nitrogens with zero attached hydrogens (tertiary/aromatic N) is 1. The maximum Gasteiger partial charge on any atom is 0.161 e. The van der Waals surface area contributed by atoms with Gasteiger partial charge in [0.25, 0.3) is 0 Å². The fourth-order valence-corrected chi connectivity index (χ4v) is 3.30. The summed E-state index contributed by atoms with van der Waals surface area (Å²) in [6.07, 6.45) is 1.89. The van der Waals surface area contributed by atoms with E-state index in [9.17, 15) is 0 Å². The van der Waals surface area contributed by atoms with E-state index < -0.39 is 0 Å². The predicted molar refractivity (Wildman–Crippen MR) is 81.1 cm³/mol. The zero-order valence-corrected chi connectivity index (χ0v) is 13.4. The lowest BCUT2D eigenvalue weighted by molar-refractivity contribution is 0.355. The Bertz CT molecular complexity index is 572. The molecule has 4 nitrogen and oxygen atoms in total. The second-order valence-corrected chi connectivity index (χ2v) is 5.82. The molecule has 0 saturated carbocycles. The lowest BCUT2D eigenvalue weighted by Gasteiger charge is -2.10. The van der Waals surface area contributed by atoms with E-state index in [0.29, 0.717) is 11.5 Å². The Morgan fingerprint density at radius 3 is 2.58 bits per heavy atom. The van der Waals surface area contributed by atoms with E-state index >= 15 is 0 Å². The number of thiazole rings is 1. The van der Waals surface area contributed by atoms with Gasteiger partial charge in [-0.1, -0.05) is 0 Å². The number of rotatable bonds is 5. The molecular weight excluding hydrogens is 328 g/mol. The summed E-state index contributed by atoms with van der Waals surface area (Å²) in [5.41, 5.74) is 1.00. The number of hydrogen-bond donors (Lipinski definition) is 1. The van der Waals surface area contributed by atoms with Crippen LogP contribution in [0.25, 0.3) is 10.6 Å². The first kappa shape index (κ1) is 14.3. The molecule has 0 spiro atoms. The van der Waals surface area contributed by atoms with Crippen LogP contribution < -0.4 is 14.8 Å². The van der Waals surface area contributed by atoms with E-state index in [2.05, 4.69) is 26.2 Å². The topological polar surface area (TPSA) is 43.4 Å².